The van der Waals surface area contributed by atoms with E-state index in [0.717, 1.165) is 0 Å². The molecule has 1 aromatic rings. The van der Waals surface area contributed by atoms with Crippen molar-refractivity contribution in [1.29, 1.82) is 0 Å². The summed E-state index contributed by atoms with van der Waals surface area (Å²) >= 11 is 0. The Bertz CT molecular complexity index is 991. The molecule has 200 valence electrons. The topological polar surface area (TPSA) is 127 Å². The van der Waals surface area contributed by atoms with E-state index in [0.29, 0.717) is 28.4 Å². The molecule has 10 nitrogen and oxygen atoms in total. The largest absolute Gasteiger partial charge is 0.493 e. The first-order chi connectivity index (χ1) is 16.8. The zero-order valence-corrected chi connectivity index (χ0v) is 22.1. The molecule has 1 aromatic carbocycles. The highest BCUT2D eigenvalue weighted by molar-refractivity contribution is 5.83. The maximum absolute atomic E-state index is 12.9. The normalized spacial score (nSPS) is 16.3. The van der Waals surface area contributed by atoms with Gasteiger partial charge in [-0.3, -0.25) is 4.79 Å². The lowest BCUT2D eigenvalue weighted by atomic mass is 9.99. The number of benzene rings is 1. The van der Waals surface area contributed by atoms with E-state index in [1.54, 1.807) is 26.0 Å². The molecule has 0 aliphatic carbocycles. The molecular formula is C26H36O10. The van der Waals surface area contributed by atoms with Gasteiger partial charge in [-0.25, -0.2) is 9.59 Å². The van der Waals surface area contributed by atoms with Gasteiger partial charge in [-0.15, -0.1) is 0 Å². The molecule has 0 fully saturated rings. The number of carbonyl (C=O) groups excluding carboxylic acids is 3. The number of rotatable bonds is 11. The Morgan fingerprint density at radius 1 is 1.08 bits per heavy atom. The molecule has 1 N–H and O–H groups in total. The second-order valence-electron chi connectivity index (χ2n) is 9.52. The van der Waals surface area contributed by atoms with E-state index >= 15 is 0 Å². The summed E-state index contributed by atoms with van der Waals surface area (Å²) in [5.74, 6) is -1.06. The van der Waals surface area contributed by atoms with Crippen LogP contribution in [0.5, 0.6) is 17.2 Å². The standard InChI is InChI=1S/C26H36O10/c1-14(2)9-21(27)35-17(6)26(7,30)25(29)34-16(5)23(36-22(28)10-15(3)4)18-11-19(31-8)24-20(12-18)32-13-33-24/h10-12,14,16-17,23,30H,9,13H2,1-8H3/t16-,17?,23-,26?/m0/s1. The summed E-state index contributed by atoms with van der Waals surface area (Å²) in [5.41, 5.74) is -1.02. The lowest BCUT2D eigenvalue weighted by Crippen LogP contribution is -2.49. The van der Waals surface area contributed by atoms with Gasteiger partial charge in [0.1, 0.15) is 12.2 Å². The Labute approximate surface area is 211 Å². The van der Waals surface area contributed by atoms with Gasteiger partial charge in [-0.1, -0.05) is 19.4 Å². The van der Waals surface area contributed by atoms with Gasteiger partial charge < -0.3 is 33.5 Å². The molecule has 0 bridgehead atoms. The fourth-order valence-corrected chi connectivity index (χ4v) is 3.35. The van der Waals surface area contributed by atoms with Crippen molar-refractivity contribution in [1.82, 2.24) is 0 Å². The van der Waals surface area contributed by atoms with Crippen molar-refractivity contribution in [2.24, 2.45) is 5.92 Å². The average molecular weight is 509 g/mol. The third-order valence-corrected chi connectivity index (χ3v) is 5.47. The molecule has 0 amide bonds. The third-order valence-electron chi connectivity index (χ3n) is 5.47. The van der Waals surface area contributed by atoms with Gasteiger partial charge in [0.15, 0.2) is 23.2 Å². The molecular weight excluding hydrogens is 472 g/mol. The Kier molecular flexibility index (Phi) is 9.75. The Morgan fingerprint density at radius 2 is 1.75 bits per heavy atom. The molecule has 0 aromatic heterocycles. The number of allylic oxidation sites excluding steroid dienone is 1. The minimum atomic E-state index is -2.15. The average Bonchev–Trinajstić information content (AvgIpc) is 3.24. The number of hydrogen-bond acceptors (Lipinski definition) is 10. The van der Waals surface area contributed by atoms with Crippen LogP contribution in [0.15, 0.2) is 23.8 Å². The first-order valence-corrected chi connectivity index (χ1v) is 11.7. The molecule has 1 aliphatic rings. The summed E-state index contributed by atoms with van der Waals surface area (Å²) in [4.78, 5) is 37.5. The van der Waals surface area contributed by atoms with E-state index in [4.69, 9.17) is 28.4 Å². The molecule has 2 unspecified atom stereocenters. The van der Waals surface area contributed by atoms with Crippen LogP contribution in [0.4, 0.5) is 0 Å². The van der Waals surface area contributed by atoms with Crippen LogP contribution in [-0.2, 0) is 28.6 Å². The summed E-state index contributed by atoms with van der Waals surface area (Å²) in [5, 5.41) is 10.8. The molecule has 1 heterocycles. The van der Waals surface area contributed by atoms with Gasteiger partial charge >= 0.3 is 17.9 Å². The number of ether oxygens (including phenoxy) is 6. The van der Waals surface area contributed by atoms with E-state index in [1.807, 2.05) is 13.8 Å². The minimum absolute atomic E-state index is 0.00179. The number of methoxy groups -OCH3 is 1. The minimum Gasteiger partial charge on any atom is -0.493 e. The number of esters is 3. The van der Waals surface area contributed by atoms with Crippen molar-refractivity contribution in [3.8, 4) is 17.2 Å². The number of fused-ring (bicyclic) bond motifs is 1. The molecule has 2 rings (SSSR count). The summed E-state index contributed by atoms with van der Waals surface area (Å²) in [7, 11) is 1.45. The fourth-order valence-electron chi connectivity index (χ4n) is 3.35. The van der Waals surface area contributed by atoms with Gasteiger partial charge in [-0.2, -0.15) is 0 Å². The lowest BCUT2D eigenvalue weighted by Gasteiger charge is -2.31. The van der Waals surface area contributed by atoms with Gasteiger partial charge in [0, 0.05) is 18.1 Å². The predicted octanol–water partition coefficient (Wildman–Crippen LogP) is 3.63. The van der Waals surface area contributed by atoms with Crippen molar-refractivity contribution in [3.63, 3.8) is 0 Å². The van der Waals surface area contributed by atoms with E-state index in [-0.39, 0.29) is 19.1 Å². The Balaban J connectivity index is 2.30. The van der Waals surface area contributed by atoms with Crippen LogP contribution in [-0.4, -0.2) is 54.7 Å². The van der Waals surface area contributed by atoms with E-state index < -0.39 is 41.8 Å². The van der Waals surface area contributed by atoms with Crippen LogP contribution in [0, 0.1) is 5.92 Å². The van der Waals surface area contributed by atoms with Crippen LogP contribution in [0.1, 0.15) is 66.6 Å². The highest BCUT2D eigenvalue weighted by Crippen LogP contribution is 2.44. The number of hydrogen-bond donors (Lipinski definition) is 1. The molecule has 1 aliphatic heterocycles. The molecule has 0 radical (unpaired) electrons. The highest BCUT2D eigenvalue weighted by Gasteiger charge is 2.43. The molecule has 4 atom stereocenters. The number of carbonyl (C=O) groups is 3. The molecule has 10 heteroatoms. The van der Waals surface area contributed by atoms with Crippen molar-refractivity contribution in [2.75, 3.05) is 13.9 Å². The van der Waals surface area contributed by atoms with Crippen LogP contribution in [0.3, 0.4) is 0 Å². The second-order valence-corrected chi connectivity index (χ2v) is 9.52. The third kappa shape index (κ3) is 7.36. The summed E-state index contributed by atoms with van der Waals surface area (Å²) in [6, 6.07) is 3.19. The van der Waals surface area contributed by atoms with Gasteiger partial charge in [0.25, 0.3) is 0 Å². The Morgan fingerprint density at radius 3 is 2.33 bits per heavy atom. The highest BCUT2D eigenvalue weighted by atomic mass is 16.7. The van der Waals surface area contributed by atoms with Gasteiger partial charge in [0.2, 0.25) is 12.5 Å². The fraction of sp³-hybridized carbons (Fsp3) is 0.577. The van der Waals surface area contributed by atoms with E-state index in [2.05, 4.69) is 0 Å². The second kappa shape index (κ2) is 12.1. The zero-order chi connectivity index (χ0) is 27.2. The smallest absolute Gasteiger partial charge is 0.342 e. The van der Waals surface area contributed by atoms with Crippen molar-refractivity contribution in [3.05, 3.63) is 29.3 Å². The first-order valence-electron chi connectivity index (χ1n) is 11.7. The van der Waals surface area contributed by atoms with Crippen molar-refractivity contribution >= 4 is 17.9 Å². The summed E-state index contributed by atoms with van der Waals surface area (Å²) < 4.78 is 32.6. The maximum Gasteiger partial charge on any atom is 0.342 e. The molecule has 36 heavy (non-hydrogen) atoms. The zero-order valence-electron chi connectivity index (χ0n) is 22.1. The van der Waals surface area contributed by atoms with Crippen LogP contribution < -0.4 is 14.2 Å². The predicted molar refractivity (Wildman–Crippen MR) is 129 cm³/mol. The van der Waals surface area contributed by atoms with Crippen LogP contribution in [0.2, 0.25) is 0 Å². The number of aliphatic hydroxyl groups is 1. The maximum atomic E-state index is 12.9. The van der Waals surface area contributed by atoms with Crippen LogP contribution >= 0.6 is 0 Å². The van der Waals surface area contributed by atoms with Crippen molar-refractivity contribution in [2.45, 2.75) is 78.8 Å². The summed E-state index contributed by atoms with van der Waals surface area (Å²) in [6.07, 6.45) is -1.88. The quantitative estimate of drug-likeness (QED) is 0.269. The Hall–Kier alpha value is -3.27. The molecule has 0 spiro atoms. The van der Waals surface area contributed by atoms with Crippen LogP contribution in [0.25, 0.3) is 0 Å². The van der Waals surface area contributed by atoms with Crippen molar-refractivity contribution < 1.29 is 47.9 Å². The van der Waals surface area contributed by atoms with Gasteiger partial charge in [0.05, 0.1) is 7.11 Å². The lowest BCUT2D eigenvalue weighted by molar-refractivity contribution is -0.193. The SMILES string of the molecule is COc1cc([C@@H](OC(=O)C=C(C)C)[C@H](C)OC(=O)C(C)(O)C(C)OC(=O)CC(C)C)cc2c1OCO2. The van der Waals surface area contributed by atoms with Gasteiger partial charge in [-0.05, 0) is 52.7 Å². The molecule has 0 saturated heterocycles. The first kappa shape index (κ1) is 29.0. The monoisotopic (exact) mass is 508 g/mol. The summed E-state index contributed by atoms with van der Waals surface area (Å²) in [6.45, 7) is 11.3. The van der Waals surface area contributed by atoms with E-state index in [9.17, 15) is 19.5 Å². The molecule has 0 saturated carbocycles. The van der Waals surface area contributed by atoms with E-state index in [1.165, 1.54) is 34.0 Å².